The van der Waals surface area contributed by atoms with Gasteiger partial charge in [-0.3, -0.25) is 4.79 Å². The van der Waals surface area contributed by atoms with Crippen molar-refractivity contribution in [3.05, 3.63) is 11.6 Å². The molecule has 0 unspecified atom stereocenters. The zero-order chi connectivity index (χ0) is 10.1. The molecule has 1 aromatic heterocycles. The summed E-state index contributed by atoms with van der Waals surface area (Å²) in [5.74, 6) is 1.56. The van der Waals surface area contributed by atoms with Gasteiger partial charge in [0, 0.05) is 6.54 Å². The van der Waals surface area contributed by atoms with E-state index in [9.17, 15) is 4.79 Å². The Bertz CT molecular complexity index is 367. The van der Waals surface area contributed by atoms with Crippen LogP contribution in [0.25, 0.3) is 0 Å². The third-order valence-electron chi connectivity index (χ3n) is 2.30. The molecule has 0 radical (unpaired) electrons. The summed E-state index contributed by atoms with van der Waals surface area (Å²) in [4.78, 5) is 17.3. The second-order valence-electron chi connectivity index (χ2n) is 3.32. The minimum absolute atomic E-state index is 0. The molecule has 8 heteroatoms. The van der Waals surface area contributed by atoms with Crippen molar-refractivity contribution in [2.45, 2.75) is 20.0 Å². The summed E-state index contributed by atoms with van der Waals surface area (Å²) >= 11 is 0. The number of aryl methyl sites for hydroxylation is 1. The molecule has 16 heavy (non-hydrogen) atoms. The summed E-state index contributed by atoms with van der Waals surface area (Å²) < 4.78 is 1.84. The van der Waals surface area contributed by atoms with Gasteiger partial charge in [-0.2, -0.15) is 5.10 Å². The Morgan fingerprint density at radius 3 is 2.75 bits per heavy atom. The van der Waals surface area contributed by atoms with Gasteiger partial charge in [0.15, 0.2) is 0 Å². The van der Waals surface area contributed by atoms with Crippen LogP contribution in [0.5, 0.6) is 0 Å². The van der Waals surface area contributed by atoms with Crippen LogP contribution >= 0.6 is 24.8 Å². The molecule has 2 N–H and O–H groups in total. The van der Waals surface area contributed by atoms with Gasteiger partial charge in [-0.1, -0.05) is 0 Å². The van der Waals surface area contributed by atoms with Crippen LogP contribution in [-0.2, 0) is 17.9 Å². The highest BCUT2D eigenvalue weighted by Gasteiger charge is 2.21. The van der Waals surface area contributed by atoms with E-state index in [1.165, 1.54) is 0 Å². The van der Waals surface area contributed by atoms with Crippen molar-refractivity contribution >= 4 is 30.7 Å². The smallest absolute Gasteiger partial charge is 0.236 e. The third kappa shape index (κ3) is 2.84. The van der Waals surface area contributed by atoms with Crippen molar-refractivity contribution in [2.75, 3.05) is 13.1 Å². The van der Waals surface area contributed by atoms with Crippen molar-refractivity contribution in [1.29, 1.82) is 0 Å². The van der Waals surface area contributed by atoms with E-state index < -0.39 is 0 Å². The van der Waals surface area contributed by atoms with E-state index in [1.807, 2.05) is 11.6 Å². The Morgan fingerprint density at radius 1 is 1.44 bits per heavy atom. The molecule has 1 aliphatic heterocycles. The zero-order valence-corrected chi connectivity index (χ0v) is 10.6. The Labute approximate surface area is 106 Å². The standard InChI is InChI=1S/C8H13N5O.2ClH/c1-6-10-7-5-12(8(14)4-9)2-3-13(7)11-6;;/h2-5,9H2,1H3;2*1H. The number of hydrogen-bond donors (Lipinski definition) is 1. The number of carbonyl (C=O) groups excluding carboxylic acids is 1. The van der Waals surface area contributed by atoms with Crippen LogP contribution < -0.4 is 5.73 Å². The predicted molar refractivity (Wildman–Crippen MR) is 63.7 cm³/mol. The van der Waals surface area contributed by atoms with E-state index in [2.05, 4.69) is 10.1 Å². The quantitative estimate of drug-likeness (QED) is 0.760. The highest BCUT2D eigenvalue weighted by molar-refractivity contribution is 5.85. The van der Waals surface area contributed by atoms with E-state index >= 15 is 0 Å². The maximum atomic E-state index is 11.3. The van der Waals surface area contributed by atoms with Gasteiger partial charge in [-0.05, 0) is 6.92 Å². The fraction of sp³-hybridized carbons (Fsp3) is 0.625. The number of rotatable bonds is 1. The van der Waals surface area contributed by atoms with Gasteiger partial charge in [-0.25, -0.2) is 9.67 Å². The van der Waals surface area contributed by atoms with Gasteiger partial charge < -0.3 is 10.6 Å². The number of carbonyl (C=O) groups is 1. The van der Waals surface area contributed by atoms with E-state index in [4.69, 9.17) is 5.73 Å². The normalized spacial score (nSPS) is 13.5. The predicted octanol–water partition coefficient (Wildman–Crippen LogP) is -0.269. The van der Waals surface area contributed by atoms with Gasteiger partial charge >= 0.3 is 0 Å². The van der Waals surface area contributed by atoms with Gasteiger partial charge in [0.1, 0.15) is 11.6 Å². The fourth-order valence-electron chi connectivity index (χ4n) is 1.60. The first-order valence-corrected chi connectivity index (χ1v) is 4.59. The molecule has 92 valence electrons. The summed E-state index contributed by atoms with van der Waals surface area (Å²) in [5, 5.41) is 4.21. The van der Waals surface area contributed by atoms with Crippen molar-refractivity contribution in [1.82, 2.24) is 19.7 Å². The molecule has 0 aliphatic carbocycles. The first kappa shape index (κ1) is 15.2. The van der Waals surface area contributed by atoms with Crippen LogP contribution in [0.4, 0.5) is 0 Å². The largest absolute Gasteiger partial charge is 0.332 e. The van der Waals surface area contributed by atoms with Crippen molar-refractivity contribution in [3.63, 3.8) is 0 Å². The molecule has 0 atom stereocenters. The zero-order valence-electron chi connectivity index (χ0n) is 8.92. The molecule has 2 heterocycles. The van der Waals surface area contributed by atoms with Crippen LogP contribution in [0, 0.1) is 6.92 Å². The van der Waals surface area contributed by atoms with E-state index in [0.29, 0.717) is 19.6 Å². The van der Waals surface area contributed by atoms with Crippen molar-refractivity contribution < 1.29 is 4.79 Å². The van der Waals surface area contributed by atoms with Crippen LogP contribution in [0.3, 0.4) is 0 Å². The van der Waals surface area contributed by atoms with Crippen LogP contribution in [0.15, 0.2) is 0 Å². The topological polar surface area (TPSA) is 77.0 Å². The minimum atomic E-state index is -0.0306. The van der Waals surface area contributed by atoms with Crippen molar-refractivity contribution in [3.8, 4) is 0 Å². The Kier molecular flexibility index (Phi) is 5.71. The lowest BCUT2D eigenvalue weighted by molar-refractivity contribution is -0.131. The lowest BCUT2D eigenvalue weighted by Crippen LogP contribution is -2.41. The number of aromatic nitrogens is 3. The van der Waals surface area contributed by atoms with Gasteiger partial charge in [0.25, 0.3) is 0 Å². The first-order valence-electron chi connectivity index (χ1n) is 4.59. The molecule has 0 saturated carbocycles. The second-order valence-corrected chi connectivity index (χ2v) is 3.32. The minimum Gasteiger partial charge on any atom is -0.332 e. The highest BCUT2D eigenvalue weighted by atomic mass is 35.5. The van der Waals surface area contributed by atoms with Crippen molar-refractivity contribution in [2.24, 2.45) is 5.73 Å². The first-order chi connectivity index (χ1) is 6.70. The number of halogens is 2. The number of nitrogens with two attached hydrogens (primary N) is 1. The SMILES string of the molecule is Cc1nc2n(n1)CCN(C(=O)CN)C2.Cl.Cl. The average molecular weight is 268 g/mol. The maximum Gasteiger partial charge on any atom is 0.236 e. The summed E-state index contributed by atoms with van der Waals surface area (Å²) in [6, 6.07) is 0. The summed E-state index contributed by atoms with van der Waals surface area (Å²) in [6.07, 6.45) is 0. The third-order valence-corrected chi connectivity index (χ3v) is 2.30. The summed E-state index contributed by atoms with van der Waals surface area (Å²) in [6.45, 7) is 3.82. The molecule has 0 aromatic carbocycles. The molecule has 0 fully saturated rings. The Morgan fingerprint density at radius 2 is 2.12 bits per heavy atom. The average Bonchev–Trinajstić information content (AvgIpc) is 2.55. The number of fused-ring (bicyclic) bond motifs is 1. The highest BCUT2D eigenvalue weighted by Crippen LogP contribution is 2.09. The fourth-order valence-corrected chi connectivity index (χ4v) is 1.60. The molecular weight excluding hydrogens is 253 g/mol. The Hall–Kier alpha value is -0.850. The van der Waals surface area contributed by atoms with E-state index in [1.54, 1.807) is 4.90 Å². The van der Waals surface area contributed by atoms with Gasteiger partial charge in [0.05, 0.1) is 19.6 Å². The number of hydrogen-bond acceptors (Lipinski definition) is 4. The van der Waals surface area contributed by atoms with Crippen LogP contribution in [0.1, 0.15) is 11.6 Å². The van der Waals surface area contributed by atoms with E-state index in [0.717, 1.165) is 11.6 Å². The summed E-state index contributed by atoms with van der Waals surface area (Å²) in [5.41, 5.74) is 5.29. The monoisotopic (exact) mass is 267 g/mol. The molecular formula is C8H15Cl2N5O. The molecule has 0 bridgehead atoms. The van der Waals surface area contributed by atoms with Gasteiger partial charge in [0.2, 0.25) is 5.91 Å². The molecule has 0 saturated heterocycles. The number of nitrogens with zero attached hydrogens (tertiary/aromatic N) is 4. The lowest BCUT2D eigenvalue weighted by atomic mass is 10.3. The van der Waals surface area contributed by atoms with Gasteiger partial charge in [-0.15, -0.1) is 24.8 Å². The molecule has 2 rings (SSSR count). The van der Waals surface area contributed by atoms with Crippen LogP contribution in [-0.4, -0.2) is 38.7 Å². The molecule has 6 nitrogen and oxygen atoms in total. The molecule has 1 amide bonds. The lowest BCUT2D eigenvalue weighted by Gasteiger charge is -2.26. The molecule has 0 spiro atoms. The summed E-state index contributed by atoms with van der Waals surface area (Å²) in [7, 11) is 0. The maximum absolute atomic E-state index is 11.3. The number of amides is 1. The molecule has 1 aliphatic rings. The van der Waals surface area contributed by atoms with E-state index in [-0.39, 0.29) is 37.3 Å². The van der Waals surface area contributed by atoms with Crippen LogP contribution in [0.2, 0.25) is 0 Å². The second kappa shape index (κ2) is 6.03. The molecule has 1 aromatic rings. The Balaban J connectivity index is 0.00000112.